The first-order chi connectivity index (χ1) is 21.0. The molecular weight excluding hydrogens is 593 g/mol. The predicted octanol–water partition coefficient (Wildman–Crippen LogP) is 5.99. The highest BCUT2D eigenvalue weighted by Gasteiger charge is 2.35. The fourth-order valence-corrected chi connectivity index (χ4v) is 6.62. The van der Waals surface area contributed by atoms with Gasteiger partial charge in [0.05, 0.1) is 35.0 Å². The van der Waals surface area contributed by atoms with Crippen molar-refractivity contribution in [1.82, 2.24) is 5.32 Å². The number of hydrogen-bond acceptors (Lipinski definition) is 6. The van der Waals surface area contributed by atoms with Crippen LogP contribution < -0.4 is 10.2 Å². The van der Waals surface area contributed by atoms with E-state index >= 15 is 0 Å². The summed E-state index contributed by atoms with van der Waals surface area (Å²) < 4.78 is 75.1. The summed E-state index contributed by atoms with van der Waals surface area (Å²) in [5.41, 5.74) is 2.36. The highest BCUT2D eigenvalue weighted by Crippen LogP contribution is 2.37. The van der Waals surface area contributed by atoms with Crippen LogP contribution in [0, 0.1) is 0 Å². The number of carbonyl (C=O) groups excluding carboxylic acids is 1. The minimum atomic E-state index is -4.38. The second-order valence-corrected chi connectivity index (χ2v) is 13.6. The van der Waals surface area contributed by atoms with Crippen molar-refractivity contribution in [3.05, 3.63) is 95.1 Å². The van der Waals surface area contributed by atoms with E-state index in [1.807, 2.05) is 12.1 Å². The molecule has 1 unspecified atom stereocenters. The molecule has 2 atom stereocenters. The zero-order chi connectivity index (χ0) is 31.3. The minimum Gasteiger partial charge on any atom is -0.381 e. The molecule has 2 fully saturated rings. The molecule has 0 spiro atoms. The van der Waals surface area contributed by atoms with Crippen molar-refractivity contribution in [2.45, 2.75) is 61.9 Å². The van der Waals surface area contributed by atoms with Gasteiger partial charge in [0.2, 0.25) is 0 Å². The van der Waals surface area contributed by atoms with Crippen LogP contribution in [-0.2, 0) is 32.0 Å². The van der Waals surface area contributed by atoms with Crippen molar-refractivity contribution in [3.63, 3.8) is 0 Å². The molecule has 236 valence electrons. The lowest BCUT2D eigenvalue weighted by atomic mass is 9.95. The van der Waals surface area contributed by atoms with Gasteiger partial charge in [0.15, 0.2) is 9.84 Å². The van der Waals surface area contributed by atoms with E-state index in [2.05, 4.69) is 10.2 Å². The van der Waals surface area contributed by atoms with Gasteiger partial charge in [-0.3, -0.25) is 4.79 Å². The highest BCUT2D eigenvalue weighted by atomic mass is 32.2. The monoisotopic (exact) mass is 630 g/mol. The number of carbonyl (C=O) groups is 1. The molecule has 2 heterocycles. The largest absolute Gasteiger partial charge is 0.416 e. The molecule has 1 amide bonds. The van der Waals surface area contributed by atoms with Crippen LogP contribution in [0.3, 0.4) is 0 Å². The molecule has 2 saturated heterocycles. The second-order valence-electron chi connectivity index (χ2n) is 11.3. The Morgan fingerprint density at radius 2 is 1.64 bits per heavy atom. The molecule has 0 aromatic heterocycles. The normalized spacial score (nSPS) is 19.7. The maximum Gasteiger partial charge on any atom is 0.416 e. The number of nitrogens with zero attached hydrogens (tertiary/aromatic N) is 1. The van der Waals surface area contributed by atoms with E-state index in [-0.39, 0.29) is 41.2 Å². The quantitative estimate of drug-likeness (QED) is 0.297. The first-order valence-electron chi connectivity index (χ1n) is 14.9. The molecule has 2 aliphatic rings. The summed E-state index contributed by atoms with van der Waals surface area (Å²) in [6, 6.07) is 19.2. The molecule has 3 aromatic rings. The number of alkyl halides is 3. The average Bonchev–Trinajstić information content (AvgIpc) is 3.47. The molecule has 2 aliphatic heterocycles. The van der Waals surface area contributed by atoms with Crippen molar-refractivity contribution in [3.8, 4) is 0 Å². The predicted molar refractivity (Wildman–Crippen MR) is 162 cm³/mol. The first kappa shape index (κ1) is 32.0. The maximum absolute atomic E-state index is 13.1. The number of ether oxygens (including phenoxy) is 2. The van der Waals surface area contributed by atoms with Crippen LogP contribution in [0.4, 0.5) is 18.9 Å². The minimum absolute atomic E-state index is 0.0179. The molecule has 11 heteroatoms. The van der Waals surface area contributed by atoms with Crippen molar-refractivity contribution in [1.29, 1.82) is 0 Å². The Bertz CT molecular complexity index is 1500. The van der Waals surface area contributed by atoms with Crippen molar-refractivity contribution in [2.75, 3.05) is 37.0 Å². The summed E-state index contributed by atoms with van der Waals surface area (Å²) in [5.74, 6) is -0.205. The van der Waals surface area contributed by atoms with Gasteiger partial charge >= 0.3 is 6.18 Å². The lowest BCUT2D eigenvalue weighted by Gasteiger charge is -2.29. The van der Waals surface area contributed by atoms with E-state index in [4.69, 9.17) is 9.47 Å². The molecule has 0 bridgehead atoms. The van der Waals surface area contributed by atoms with Crippen LogP contribution in [0.2, 0.25) is 0 Å². The Hall–Kier alpha value is -3.41. The van der Waals surface area contributed by atoms with Gasteiger partial charge in [0.1, 0.15) is 0 Å². The van der Waals surface area contributed by atoms with Gasteiger partial charge in [-0.05, 0) is 78.9 Å². The Morgan fingerprint density at radius 3 is 2.25 bits per heavy atom. The smallest absolute Gasteiger partial charge is 0.381 e. The van der Waals surface area contributed by atoms with E-state index in [1.54, 1.807) is 55.5 Å². The van der Waals surface area contributed by atoms with Gasteiger partial charge < -0.3 is 19.7 Å². The first-order valence-corrected chi connectivity index (χ1v) is 16.5. The van der Waals surface area contributed by atoms with Crippen LogP contribution in [0.5, 0.6) is 0 Å². The molecule has 5 rings (SSSR count). The lowest BCUT2D eigenvalue weighted by Crippen LogP contribution is -2.35. The van der Waals surface area contributed by atoms with Crippen molar-refractivity contribution >= 4 is 21.4 Å². The number of halogens is 3. The number of sulfone groups is 1. The molecule has 0 radical (unpaired) electrons. The summed E-state index contributed by atoms with van der Waals surface area (Å²) in [5, 5.41) is 2.87. The number of nitrogens with one attached hydrogen (secondary N) is 1. The van der Waals surface area contributed by atoms with E-state index in [1.165, 1.54) is 0 Å². The van der Waals surface area contributed by atoms with Gasteiger partial charge in [-0.15, -0.1) is 0 Å². The third-order valence-corrected chi connectivity index (χ3v) is 10.1. The Balaban J connectivity index is 1.25. The van der Waals surface area contributed by atoms with E-state index in [9.17, 15) is 26.4 Å². The number of hydrogen-bond donors (Lipinski definition) is 1. The summed E-state index contributed by atoms with van der Waals surface area (Å²) in [7, 11) is -3.29. The third kappa shape index (κ3) is 7.80. The molecular formula is C33H37F3N2O5S. The van der Waals surface area contributed by atoms with E-state index in [0.717, 1.165) is 48.2 Å². The van der Waals surface area contributed by atoms with Crippen molar-refractivity contribution < 1.29 is 35.9 Å². The van der Waals surface area contributed by atoms with Crippen LogP contribution in [0.25, 0.3) is 0 Å². The van der Waals surface area contributed by atoms with Gasteiger partial charge in [0.25, 0.3) is 5.91 Å². The second kappa shape index (κ2) is 13.7. The van der Waals surface area contributed by atoms with E-state index in [0.29, 0.717) is 31.9 Å². The van der Waals surface area contributed by atoms with Crippen LogP contribution >= 0.6 is 0 Å². The van der Waals surface area contributed by atoms with Gasteiger partial charge in [-0.1, -0.05) is 31.2 Å². The summed E-state index contributed by atoms with van der Waals surface area (Å²) in [6.45, 7) is 4.29. The summed E-state index contributed by atoms with van der Waals surface area (Å²) in [6.07, 6.45) is -1.86. The average molecular weight is 631 g/mol. The molecule has 44 heavy (non-hydrogen) atoms. The Labute approximate surface area is 256 Å². The molecule has 7 nitrogen and oxygen atoms in total. The SMILES string of the molecule is CCS(=O)(=O)c1ccc(CNC(=O)c2ccc(N3CC(c4ccc(C(F)(F)F)cc4)C[C@H]3COC3CCOCC3)cc2)cc1. The lowest BCUT2D eigenvalue weighted by molar-refractivity contribution is -0.137. The van der Waals surface area contributed by atoms with E-state index < -0.39 is 21.6 Å². The standard InChI is InChI=1S/C33H37F3N2O5S/c1-2-44(40,41)31-13-3-23(4-14-31)20-37-32(39)25-7-11-28(12-8-25)38-21-26(24-5-9-27(10-6-24)33(34,35)36)19-29(38)22-43-30-15-17-42-18-16-30/h3-14,26,29-30H,2,15-22H2,1H3,(H,37,39)/t26?,29-/m0/s1. The summed E-state index contributed by atoms with van der Waals surface area (Å²) in [4.78, 5) is 15.3. The number of benzene rings is 3. The topological polar surface area (TPSA) is 84.9 Å². The van der Waals surface area contributed by atoms with Crippen molar-refractivity contribution in [2.24, 2.45) is 0 Å². The molecule has 0 saturated carbocycles. The number of amides is 1. The van der Waals surface area contributed by atoms with Crippen LogP contribution in [-0.4, -0.2) is 58.6 Å². The number of anilines is 1. The molecule has 0 aliphatic carbocycles. The van der Waals surface area contributed by atoms with Gasteiger partial charge in [-0.2, -0.15) is 13.2 Å². The number of rotatable bonds is 10. The third-order valence-electron chi connectivity index (χ3n) is 8.39. The zero-order valence-electron chi connectivity index (χ0n) is 24.6. The van der Waals surface area contributed by atoms with Gasteiger partial charge in [-0.25, -0.2) is 8.42 Å². The van der Waals surface area contributed by atoms with Crippen LogP contribution in [0.15, 0.2) is 77.7 Å². The Morgan fingerprint density at radius 1 is 0.977 bits per heavy atom. The highest BCUT2D eigenvalue weighted by molar-refractivity contribution is 7.91. The fraction of sp³-hybridized carbons (Fsp3) is 0.424. The van der Waals surface area contributed by atoms with Gasteiger partial charge in [0, 0.05) is 43.5 Å². The Kier molecular flexibility index (Phi) is 9.97. The molecule has 1 N–H and O–H groups in total. The fourth-order valence-electron chi connectivity index (χ4n) is 5.74. The summed E-state index contributed by atoms with van der Waals surface area (Å²) >= 11 is 0. The molecule has 3 aromatic carbocycles. The zero-order valence-corrected chi connectivity index (χ0v) is 25.4. The van der Waals surface area contributed by atoms with Crippen LogP contribution in [0.1, 0.15) is 59.2 Å². The maximum atomic E-state index is 13.1.